The highest BCUT2D eigenvalue weighted by molar-refractivity contribution is 7.17. The van der Waals surface area contributed by atoms with Gasteiger partial charge in [-0.1, -0.05) is 0 Å². The van der Waals surface area contributed by atoms with Gasteiger partial charge in [0.15, 0.2) is 0 Å². The summed E-state index contributed by atoms with van der Waals surface area (Å²) in [4.78, 5) is 10.2. The van der Waals surface area contributed by atoms with Gasteiger partial charge in [-0.2, -0.15) is 0 Å². The highest BCUT2D eigenvalue weighted by Gasteiger charge is 2.14. The topological polar surface area (TPSA) is 37.8 Å². The predicted octanol–water partition coefficient (Wildman–Crippen LogP) is 4.47. The van der Waals surface area contributed by atoms with Gasteiger partial charge in [0, 0.05) is 23.3 Å². The van der Waals surface area contributed by atoms with Crippen molar-refractivity contribution in [1.82, 2.24) is 15.3 Å². The lowest BCUT2D eigenvalue weighted by Gasteiger charge is -2.18. The van der Waals surface area contributed by atoms with Crippen LogP contribution in [0.1, 0.15) is 41.4 Å². The Hall–Kier alpha value is -1.30. The molecular formula is C15H17N3S2. The maximum atomic E-state index is 4.50. The third-order valence-corrected chi connectivity index (χ3v) is 5.28. The summed E-state index contributed by atoms with van der Waals surface area (Å²) >= 11 is 3.49. The van der Waals surface area contributed by atoms with E-state index < -0.39 is 0 Å². The number of fused-ring (bicyclic) bond motifs is 1. The van der Waals surface area contributed by atoms with Gasteiger partial charge in [-0.05, 0) is 43.8 Å². The van der Waals surface area contributed by atoms with E-state index in [2.05, 4.69) is 53.6 Å². The maximum Gasteiger partial charge on any atom is 0.109 e. The Morgan fingerprint density at radius 3 is 2.75 bits per heavy atom. The van der Waals surface area contributed by atoms with Crippen molar-refractivity contribution in [2.24, 2.45) is 0 Å². The Morgan fingerprint density at radius 2 is 2.00 bits per heavy atom. The fraction of sp³-hybridized carbons (Fsp3) is 0.333. The van der Waals surface area contributed by atoms with Gasteiger partial charge in [0.05, 0.1) is 16.3 Å². The second kappa shape index (κ2) is 5.60. The molecule has 0 aromatic carbocycles. The molecule has 3 aromatic rings. The Labute approximate surface area is 126 Å². The second-order valence-electron chi connectivity index (χ2n) is 4.99. The summed E-state index contributed by atoms with van der Waals surface area (Å²) in [7, 11) is 0. The van der Waals surface area contributed by atoms with Crippen LogP contribution < -0.4 is 5.32 Å². The zero-order chi connectivity index (χ0) is 14.1. The fourth-order valence-electron chi connectivity index (χ4n) is 2.21. The Bertz CT molecular complexity index is 717. The summed E-state index contributed by atoms with van der Waals surface area (Å²) in [5.74, 6) is 0. The summed E-state index contributed by atoms with van der Waals surface area (Å²) in [5, 5.41) is 6.82. The number of thiophene rings is 1. The number of hydrogen-bond acceptors (Lipinski definition) is 5. The van der Waals surface area contributed by atoms with Crippen LogP contribution in [0.15, 0.2) is 29.9 Å². The SMILES string of the molecule is Cc1cnc([C@H](C)N[C@H](C)c2cnc3ccsc3c2)s1. The van der Waals surface area contributed by atoms with Gasteiger partial charge in [-0.15, -0.1) is 22.7 Å². The number of hydrogen-bond donors (Lipinski definition) is 1. The first-order valence-corrected chi connectivity index (χ1v) is 8.34. The minimum absolute atomic E-state index is 0.253. The van der Waals surface area contributed by atoms with Crippen LogP contribution in [-0.4, -0.2) is 9.97 Å². The molecule has 1 N–H and O–H groups in total. The molecule has 0 aliphatic heterocycles. The Morgan fingerprint density at radius 1 is 1.15 bits per heavy atom. The third kappa shape index (κ3) is 2.75. The number of thiazole rings is 1. The van der Waals surface area contributed by atoms with Gasteiger partial charge in [0.1, 0.15) is 5.01 Å². The molecular weight excluding hydrogens is 286 g/mol. The Balaban J connectivity index is 1.76. The molecule has 3 heterocycles. The lowest BCUT2D eigenvalue weighted by atomic mass is 10.1. The van der Waals surface area contributed by atoms with Crippen LogP contribution in [0.4, 0.5) is 0 Å². The van der Waals surface area contributed by atoms with Crippen molar-refractivity contribution >= 4 is 32.9 Å². The van der Waals surface area contributed by atoms with Gasteiger partial charge in [0.2, 0.25) is 0 Å². The van der Waals surface area contributed by atoms with Crippen LogP contribution in [0.2, 0.25) is 0 Å². The summed E-state index contributed by atoms with van der Waals surface area (Å²) in [5.41, 5.74) is 2.30. The zero-order valence-corrected chi connectivity index (χ0v) is 13.4. The molecule has 3 rings (SSSR count). The fourth-order valence-corrected chi connectivity index (χ4v) is 3.79. The van der Waals surface area contributed by atoms with E-state index in [1.807, 2.05) is 12.4 Å². The average Bonchev–Trinajstić information content (AvgIpc) is 3.05. The van der Waals surface area contributed by atoms with Crippen molar-refractivity contribution in [2.75, 3.05) is 0 Å². The molecule has 0 saturated carbocycles. The number of aryl methyl sites for hydroxylation is 1. The molecule has 104 valence electrons. The molecule has 0 spiro atoms. The van der Waals surface area contributed by atoms with E-state index in [4.69, 9.17) is 0 Å². The first-order chi connectivity index (χ1) is 9.63. The van der Waals surface area contributed by atoms with E-state index >= 15 is 0 Å². The molecule has 0 bridgehead atoms. The molecule has 0 saturated heterocycles. The average molecular weight is 303 g/mol. The lowest BCUT2D eigenvalue weighted by molar-refractivity contribution is 0.492. The molecule has 20 heavy (non-hydrogen) atoms. The van der Waals surface area contributed by atoms with Crippen molar-refractivity contribution in [1.29, 1.82) is 0 Å². The van der Waals surface area contributed by atoms with Crippen LogP contribution in [0.25, 0.3) is 10.2 Å². The molecule has 0 aliphatic carbocycles. The van der Waals surface area contributed by atoms with Crippen molar-refractivity contribution < 1.29 is 0 Å². The predicted molar refractivity (Wildman–Crippen MR) is 86.4 cm³/mol. The van der Waals surface area contributed by atoms with E-state index in [0.29, 0.717) is 0 Å². The highest BCUT2D eigenvalue weighted by Crippen LogP contribution is 2.25. The number of nitrogens with one attached hydrogen (secondary N) is 1. The monoisotopic (exact) mass is 303 g/mol. The van der Waals surface area contributed by atoms with Crippen LogP contribution >= 0.6 is 22.7 Å². The van der Waals surface area contributed by atoms with Gasteiger partial charge in [-0.3, -0.25) is 4.98 Å². The molecule has 0 fully saturated rings. The van der Waals surface area contributed by atoms with E-state index in [1.165, 1.54) is 15.1 Å². The molecule has 3 aromatic heterocycles. The molecule has 2 atom stereocenters. The molecule has 0 unspecified atom stereocenters. The largest absolute Gasteiger partial charge is 0.301 e. The van der Waals surface area contributed by atoms with Crippen molar-refractivity contribution in [3.63, 3.8) is 0 Å². The van der Waals surface area contributed by atoms with E-state index in [0.717, 1.165) is 10.5 Å². The number of aromatic nitrogens is 2. The zero-order valence-electron chi connectivity index (χ0n) is 11.8. The van der Waals surface area contributed by atoms with E-state index in [-0.39, 0.29) is 12.1 Å². The summed E-state index contributed by atoms with van der Waals surface area (Å²) in [6.45, 7) is 6.42. The van der Waals surface area contributed by atoms with Crippen LogP contribution in [0.5, 0.6) is 0 Å². The molecule has 0 radical (unpaired) electrons. The van der Waals surface area contributed by atoms with Crippen molar-refractivity contribution in [3.05, 3.63) is 45.4 Å². The smallest absolute Gasteiger partial charge is 0.109 e. The molecule has 3 nitrogen and oxygen atoms in total. The van der Waals surface area contributed by atoms with Gasteiger partial charge in [-0.25, -0.2) is 4.98 Å². The standard InChI is InChI=1S/C15H17N3S2/c1-9-7-17-15(20-9)11(3)18-10(2)12-6-14-13(16-8-12)4-5-19-14/h4-8,10-11,18H,1-3H3/t10-,11+/m1/s1. The van der Waals surface area contributed by atoms with Crippen LogP contribution in [0, 0.1) is 6.92 Å². The van der Waals surface area contributed by atoms with Crippen molar-refractivity contribution in [2.45, 2.75) is 32.9 Å². The summed E-state index contributed by atoms with van der Waals surface area (Å²) in [6, 6.07) is 4.80. The second-order valence-corrected chi connectivity index (χ2v) is 7.21. The minimum atomic E-state index is 0.253. The maximum absolute atomic E-state index is 4.50. The third-order valence-electron chi connectivity index (χ3n) is 3.33. The first kappa shape index (κ1) is 13.7. The Kier molecular flexibility index (Phi) is 3.83. The van der Waals surface area contributed by atoms with Gasteiger partial charge >= 0.3 is 0 Å². The van der Waals surface area contributed by atoms with Gasteiger partial charge < -0.3 is 5.32 Å². The molecule has 5 heteroatoms. The van der Waals surface area contributed by atoms with Crippen molar-refractivity contribution in [3.8, 4) is 0 Å². The molecule has 0 amide bonds. The van der Waals surface area contributed by atoms with Crippen LogP contribution in [-0.2, 0) is 0 Å². The number of nitrogens with zero attached hydrogens (tertiary/aromatic N) is 2. The lowest BCUT2D eigenvalue weighted by Crippen LogP contribution is -2.22. The minimum Gasteiger partial charge on any atom is -0.301 e. The molecule has 0 aliphatic rings. The summed E-state index contributed by atoms with van der Waals surface area (Å²) in [6.07, 6.45) is 3.90. The van der Waals surface area contributed by atoms with E-state index in [1.54, 1.807) is 22.7 Å². The van der Waals surface area contributed by atoms with E-state index in [9.17, 15) is 0 Å². The first-order valence-electron chi connectivity index (χ1n) is 6.65. The summed E-state index contributed by atoms with van der Waals surface area (Å²) < 4.78 is 1.24. The van der Waals surface area contributed by atoms with Crippen LogP contribution in [0.3, 0.4) is 0 Å². The quantitative estimate of drug-likeness (QED) is 0.772. The number of rotatable bonds is 4. The van der Waals surface area contributed by atoms with Gasteiger partial charge in [0.25, 0.3) is 0 Å². The highest BCUT2D eigenvalue weighted by atomic mass is 32.1. The normalized spacial score (nSPS) is 14.6. The number of pyridine rings is 1.